The summed E-state index contributed by atoms with van der Waals surface area (Å²) in [6.45, 7) is 5.89. The van der Waals surface area contributed by atoms with Gasteiger partial charge in [0.25, 0.3) is 10.0 Å². The van der Waals surface area contributed by atoms with Crippen LogP contribution < -0.4 is 28.6 Å². The fraction of sp³-hybridized carbons (Fsp3) is 0.394. The Labute approximate surface area is 266 Å². The number of amides is 2. The number of anilines is 1. The SMILES string of the molecule is CCCCNC(=O)[C@@H](C)N(Cc1ccc(OC)cc1)C(=O)CN(c1ccc(OCC)cc1)S(=O)(=O)c1ccc(OC)c(OC)c1. The molecular weight excluding hydrogens is 598 g/mol. The lowest BCUT2D eigenvalue weighted by Gasteiger charge is -2.32. The molecule has 0 saturated heterocycles. The maximum Gasteiger partial charge on any atom is 0.264 e. The molecule has 12 heteroatoms. The molecule has 0 spiro atoms. The molecule has 0 radical (unpaired) electrons. The number of carbonyl (C=O) groups is 2. The van der Waals surface area contributed by atoms with Gasteiger partial charge in [-0.3, -0.25) is 13.9 Å². The van der Waals surface area contributed by atoms with Crippen molar-refractivity contribution in [1.29, 1.82) is 0 Å². The second-order valence-electron chi connectivity index (χ2n) is 10.1. The predicted octanol–water partition coefficient (Wildman–Crippen LogP) is 4.64. The molecular formula is C33H43N3O8S. The van der Waals surface area contributed by atoms with E-state index in [0.717, 1.165) is 22.7 Å². The number of nitrogens with zero attached hydrogens (tertiary/aromatic N) is 2. The summed E-state index contributed by atoms with van der Waals surface area (Å²) in [5, 5.41) is 2.88. The molecule has 11 nitrogen and oxygen atoms in total. The lowest BCUT2D eigenvalue weighted by molar-refractivity contribution is -0.139. The number of methoxy groups -OCH3 is 3. The number of sulfonamides is 1. The summed E-state index contributed by atoms with van der Waals surface area (Å²) >= 11 is 0. The summed E-state index contributed by atoms with van der Waals surface area (Å²) < 4.78 is 50.9. The Hall–Kier alpha value is -4.45. The summed E-state index contributed by atoms with van der Waals surface area (Å²) in [6.07, 6.45) is 1.69. The number of ether oxygens (including phenoxy) is 4. The van der Waals surface area contributed by atoms with Crippen LogP contribution in [-0.2, 0) is 26.2 Å². The third-order valence-corrected chi connectivity index (χ3v) is 8.94. The van der Waals surface area contributed by atoms with Gasteiger partial charge in [-0.15, -0.1) is 0 Å². The maximum absolute atomic E-state index is 14.2. The molecule has 0 aliphatic carbocycles. The number of benzene rings is 3. The van der Waals surface area contributed by atoms with Crippen LogP contribution in [0, 0.1) is 0 Å². The van der Waals surface area contributed by atoms with Gasteiger partial charge in [0, 0.05) is 19.2 Å². The Morgan fingerprint density at radius 3 is 2.07 bits per heavy atom. The molecule has 1 N–H and O–H groups in total. The minimum atomic E-state index is -4.32. The highest BCUT2D eigenvalue weighted by molar-refractivity contribution is 7.92. The zero-order chi connectivity index (χ0) is 33.0. The minimum absolute atomic E-state index is 0.0682. The smallest absolute Gasteiger partial charge is 0.264 e. The summed E-state index contributed by atoms with van der Waals surface area (Å²) in [5.41, 5.74) is 0.985. The van der Waals surface area contributed by atoms with Gasteiger partial charge in [0.15, 0.2) is 11.5 Å². The fourth-order valence-corrected chi connectivity index (χ4v) is 5.98. The van der Waals surface area contributed by atoms with E-state index in [4.69, 9.17) is 18.9 Å². The summed E-state index contributed by atoms with van der Waals surface area (Å²) in [7, 11) is 0.100. The number of rotatable bonds is 17. The molecule has 0 aliphatic heterocycles. The van der Waals surface area contributed by atoms with E-state index >= 15 is 0 Å². The van der Waals surface area contributed by atoms with Crippen molar-refractivity contribution in [2.24, 2.45) is 0 Å². The zero-order valence-corrected chi connectivity index (χ0v) is 27.6. The summed E-state index contributed by atoms with van der Waals surface area (Å²) in [5.74, 6) is 0.866. The van der Waals surface area contributed by atoms with Crippen LogP contribution in [0.2, 0.25) is 0 Å². The lowest BCUT2D eigenvalue weighted by atomic mass is 10.1. The molecule has 0 heterocycles. The average molecular weight is 642 g/mol. The minimum Gasteiger partial charge on any atom is -0.497 e. The van der Waals surface area contributed by atoms with Crippen LogP contribution in [-0.4, -0.2) is 72.2 Å². The van der Waals surface area contributed by atoms with Crippen LogP contribution >= 0.6 is 0 Å². The van der Waals surface area contributed by atoms with Crippen molar-refractivity contribution in [1.82, 2.24) is 10.2 Å². The van der Waals surface area contributed by atoms with E-state index in [2.05, 4.69) is 5.32 Å². The van der Waals surface area contributed by atoms with Crippen LogP contribution in [0.15, 0.2) is 71.6 Å². The molecule has 0 aliphatic rings. The second-order valence-corrected chi connectivity index (χ2v) is 12.0. The van der Waals surface area contributed by atoms with Crippen molar-refractivity contribution >= 4 is 27.5 Å². The first-order valence-electron chi connectivity index (χ1n) is 14.8. The molecule has 0 bridgehead atoms. The van der Waals surface area contributed by atoms with Gasteiger partial charge in [-0.25, -0.2) is 8.42 Å². The van der Waals surface area contributed by atoms with E-state index < -0.39 is 28.5 Å². The fourth-order valence-electron chi connectivity index (χ4n) is 4.55. The molecule has 0 aromatic heterocycles. The predicted molar refractivity (Wildman–Crippen MR) is 173 cm³/mol. The highest BCUT2D eigenvalue weighted by Gasteiger charge is 2.33. The first-order chi connectivity index (χ1) is 21.6. The van der Waals surface area contributed by atoms with Gasteiger partial charge in [-0.05, 0) is 74.4 Å². The quantitative estimate of drug-likeness (QED) is 0.212. The van der Waals surface area contributed by atoms with E-state index in [9.17, 15) is 18.0 Å². The lowest BCUT2D eigenvalue weighted by Crippen LogP contribution is -2.51. The van der Waals surface area contributed by atoms with Crippen molar-refractivity contribution < 1.29 is 37.0 Å². The molecule has 244 valence electrons. The normalized spacial score (nSPS) is 11.7. The van der Waals surface area contributed by atoms with Gasteiger partial charge >= 0.3 is 0 Å². The van der Waals surface area contributed by atoms with Gasteiger partial charge in [-0.2, -0.15) is 0 Å². The van der Waals surface area contributed by atoms with Crippen molar-refractivity contribution in [3.05, 3.63) is 72.3 Å². The van der Waals surface area contributed by atoms with Gasteiger partial charge < -0.3 is 29.2 Å². The number of carbonyl (C=O) groups excluding carboxylic acids is 2. The topological polar surface area (TPSA) is 124 Å². The molecule has 0 saturated carbocycles. The van der Waals surface area contributed by atoms with Gasteiger partial charge in [0.2, 0.25) is 11.8 Å². The highest BCUT2D eigenvalue weighted by Crippen LogP contribution is 2.33. The molecule has 3 aromatic carbocycles. The van der Waals surface area contributed by atoms with Crippen molar-refractivity contribution in [3.8, 4) is 23.0 Å². The standard InChI is InChI=1S/C33H43N3O8S/c1-7-9-20-34-33(38)24(3)35(22-25-10-14-27(41-4)15-11-25)32(37)23-36(26-12-16-28(17-13-26)44-8-2)45(39,40)29-18-19-30(42-5)31(21-29)43-6/h10-19,21,24H,7-9,20,22-23H2,1-6H3,(H,34,38)/t24-/m1/s1. The van der Waals surface area contributed by atoms with Crippen LogP contribution in [0.25, 0.3) is 0 Å². The Balaban J connectivity index is 2.05. The van der Waals surface area contributed by atoms with E-state index in [-0.39, 0.29) is 28.8 Å². The third kappa shape index (κ3) is 9.04. The van der Waals surface area contributed by atoms with Crippen LogP contribution in [0.1, 0.15) is 39.2 Å². The monoisotopic (exact) mass is 641 g/mol. The van der Waals surface area contributed by atoms with Crippen molar-refractivity contribution in [2.45, 2.75) is 51.1 Å². The van der Waals surface area contributed by atoms with E-state index in [1.807, 2.05) is 13.8 Å². The van der Waals surface area contributed by atoms with E-state index in [1.54, 1.807) is 62.6 Å². The Bertz CT molecular complexity index is 1510. The highest BCUT2D eigenvalue weighted by atomic mass is 32.2. The third-order valence-electron chi connectivity index (χ3n) is 7.17. The first kappa shape index (κ1) is 35.0. The number of hydrogen-bond acceptors (Lipinski definition) is 8. The van der Waals surface area contributed by atoms with E-state index in [0.29, 0.717) is 30.4 Å². The molecule has 3 rings (SSSR count). The molecule has 1 atom stereocenters. The molecule has 2 amide bonds. The van der Waals surface area contributed by atoms with Gasteiger partial charge in [0.05, 0.1) is 38.5 Å². The van der Waals surface area contributed by atoms with E-state index in [1.165, 1.54) is 37.3 Å². The number of unbranched alkanes of at least 4 members (excludes halogenated alkanes) is 1. The summed E-state index contributed by atoms with van der Waals surface area (Å²) in [6, 6.07) is 16.9. The molecule has 3 aromatic rings. The Morgan fingerprint density at radius 2 is 1.49 bits per heavy atom. The second kappa shape index (κ2) is 16.6. The van der Waals surface area contributed by atoms with Crippen LogP contribution in [0.3, 0.4) is 0 Å². The van der Waals surface area contributed by atoms with Gasteiger partial charge in [-0.1, -0.05) is 25.5 Å². The summed E-state index contributed by atoms with van der Waals surface area (Å²) in [4.78, 5) is 28.6. The zero-order valence-electron chi connectivity index (χ0n) is 26.7. The van der Waals surface area contributed by atoms with Gasteiger partial charge in [0.1, 0.15) is 24.1 Å². The number of hydrogen-bond donors (Lipinski definition) is 1. The largest absolute Gasteiger partial charge is 0.497 e. The molecule has 45 heavy (non-hydrogen) atoms. The Morgan fingerprint density at radius 1 is 0.844 bits per heavy atom. The average Bonchev–Trinajstić information content (AvgIpc) is 3.06. The van der Waals surface area contributed by atoms with Crippen LogP contribution in [0.5, 0.6) is 23.0 Å². The van der Waals surface area contributed by atoms with Crippen molar-refractivity contribution in [2.75, 3.05) is 45.3 Å². The van der Waals surface area contributed by atoms with Crippen molar-refractivity contribution in [3.63, 3.8) is 0 Å². The van der Waals surface area contributed by atoms with Crippen LogP contribution in [0.4, 0.5) is 5.69 Å². The molecule has 0 fully saturated rings. The maximum atomic E-state index is 14.2. The Kier molecular flexibility index (Phi) is 12.9. The molecule has 0 unspecified atom stereocenters. The number of nitrogens with one attached hydrogen (secondary N) is 1. The first-order valence-corrected chi connectivity index (χ1v) is 16.2.